The van der Waals surface area contributed by atoms with Gasteiger partial charge in [0, 0.05) is 5.92 Å². The summed E-state index contributed by atoms with van der Waals surface area (Å²) < 4.78 is 5.48. The second kappa shape index (κ2) is 9.03. The molecule has 0 heterocycles. The highest BCUT2D eigenvalue weighted by Crippen LogP contribution is 2.44. The molecular weight excluding hydrogens is 378 g/mol. The van der Waals surface area contributed by atoms with E-state index in [0.29, 0.717) is 6.42 Å². The van der Waals surface area contributed by atoms with Crippen molar-refractivity contribution in [2.24, 2.45) is 0 Å². The minimum atomic E-state index is -0.859. The normalized spacial score (nSPS) is 13.4. The van der Waals surface area contributed by atoms with E-state index in [-0.39, 0.29) is 12.5 Å². The lowest BCUT2D eigenvalue weighted by molar-refractivity contribution is -0.156. The third kappa shape index (κ3) is 4.03. The number of benzene rings is 3. The topological polar surface area (TPSA) is 64.6 Å². The van der Waals surface area contributed by atoms with Crippen molar-refractivity contribution < 1.29 is 19.2 Å². The molecule has 1 N–H and O–H groups in total. The van der Waals surface area contributed by atoms with Crippen LogP contribution in [0, 0.1) is 0 Å². The Morgan fingerprint density at radius 3 is 2.03 bits per heavy atom. The van der Waals surface area contributed by atoms with Crippen molar-refractivity contribution in [1.29, 1.82) is 0 Å². The Kier molecular flexibility index (Phi) is 6.02. The van der Waals surface area contributed by atoms with Crippen LogP contribution in [-0.2, 0) is 25.6 Å². The van der Waals surface area contributed by atoms with Gasteiger partial charge in [0.2, 0.25) is 0 Å². The molecule has 0 bridgehead atoms. The van der Waals surface area contributed by atoms with Gasteiger partial charge in [-0.2, -0.15) is 5.48 Å². The Labute approximate surface area is 175 Å². The van der Waals surface area contributed by atoms with E-state index in [0.717, 1.165) is 27.8 Å². The molecule has 3 aromatic carbocycles. The van der Waals surface area contributed by atoms with Crippen LogP contribution < -0.4 is 5.48 Å². The average Bonchev–Trinajstić information content (AvgIpc) is 3.11. The number of ketones is 1. The Balaban J connectivity index is 1.46. The summed E-state index contributed by atoms with van der Waals surface area (Å²) in [5, 5.41) is 0. The van der Waals surface area contributed by atoms with Gasteiger partial charge in [0.05, 0.1) is 7.11 Å². The molecule has 4 rings (SSSR count). The first-order chi connectivity index (χ1) is 14.7. The predicted octanol–water partition coefficient (Wildman–Crippen LogP) is 3.67. The van der Waals surface area contributed by atoms with E-state index < -0.39 is 17.8 Å². The maximum absolute atomic E-state index is 12.7. The number of ether oxygens (including phenoxy) is 1. The molecule has 30 heavy (non-hydrogen) atoms. The predicted molar refractivity (Wildman–Crippen MR) is 114 cm³/mol. The summed E-state index contributed by atoms with van der Waals surface area (Å²) in [5.41, 5.74) is 8.04. The molecule has 1 aliphatic carbocycles. The number of hydroxylamine groups is 1. The lowest BCUT2D eigenvalue weighted by Crippen LogP contribution is -2.42. The Morgan fingerprint density at radius 1 is 0.867 bits per heavy atom. The Hall–Kier alpha value is -3.28. The summed E-state index contributed by atoms with van der Waals surface area (Å²) in [7, 11) is 1.42. The van der Waals surface area contributed by atoms with Crippen LogP contribution in [0.5, 0.6) is 0 Å². The zero-order valence-electron chi connectivity index (χ0n) is 16.7. The maximum Gasteiger partial charge on any atom is 0.376 e. The van der Waals surface area contributed by atoms with Crippen molar-refractivity contribution in [2.75, 3.05) is 13.7 Å². The van der Waals surface area contributed by atoms with Crippen molar-refractivity contribution in [3.63, 3.8) is 0 Å². The molecule has 0 saturated carbocycles. The van der Waals surface area contributed by atoms with Gasteiger partial charge in [-0.05, 0) is 34.2 Å². The van der Waals surface area contributed by atoms with Crippen LogP contribution in [0.1, 0.15) is 22.6 Å². The first-order valence-electron chi connectivity index (χ1n) is 9.90. The van der Waals surface area contributed by atoms with Crippen LogP contribution in [0.4, 0.5) is 0 Å². The van der Waals surface area contributed by atoms with Gasteiger partial charge in [0.15, 0.2) is 0 Å². The Morgan fingerprint density at radius 2 is 1.43 bits per heavy atom. The van der Waals surface area contributed by atoms with Crippen LogP contribution in [-0.4, -0.2) is 31.5 Å². The SMILES string of the molecule is CON[C@@H](Cc1ccccc1)C(=O)C(=O)OCC1c2ccccc2-c2ccccc21. The average molecular weight is 401 g/mol. The summed E-state index contributed by atoms with van der Waals surface area (Å²) in [6, 6.07) is 24.8. The highest BCUT2D eigenvalue weighted by atomic mass is 16.6. The van der Waals surface area contributed by atoms with E-state index in [9.17, 15) is 9.59 Å². The van der Waals surface area contributed by atoms with E-state index in [1.54, 1.807) is 0 Å². The van der Waals surface area contributed by atoms with Gasteiger partial charge >= 0.3 is 5.97 Å². The van der Waals surface area contributed by atoms with Gasteiger partial charge < -0.3 is 9.57 Å². The smallest absolute Gasteiger partial charge is 0.376 e. The number of hydrogen-bond donors (Lipinski definition) is 1. The standard InChI is InChI=1S/C25H23NO4/c1-29-26-23(15-17-9-3-2-4-10-17)24(27)25(28)30-16-22-20-13-7-5-11-18(20)19-12-6-8-14-21(19)22/h2-14,22-23,26H,15-16H2,1H3/t23-/m0/s1. The van der Waals surface area contributed by atoms with E-state index >= 15 is 0 Å². The Bertz CT molecular complexity index is 1000. The van der Waals surface area contributed by atoms with Crippen molar-refractivity contribution in [3.8, 4) is 11.1 Å². The van der Waals surface area contributed by atoms with Crippen molar-refractivity contribution in [1.82, 2.24) is 5.48 Å². The number of esters is 1. The van der Waals surface area contributed by atoms with Crippen LogP contribution >= 0.6 is 0 Å². The minimum absolute atomic E-state index is 0.0860. The van der Waals surface area contributed by atoms with Crippen LogP contribution in [0.15, 0.2) is 78.9 Å². The van der Waals surface area contributed by atoms with Gasteiger partial charge in [0.1, 0.15) is 12.6 Å². The molecule has 0 radical (unpaired) electrons. The summed E-state index contributed by atoms with van der Waals surface area (Å²) in [4.78, 5) is 30.2. The summed E-state index contributed by atoms with van der Waals surface area (Å²) in [6.45, 7) is 0.115. The summed E-state index contributed by atoms with van der Waals surface area (Å²) >= 11 is 0. The fourth-order valence-electron chi connectivity index (χ4n) is 3.99. The highest BCUT2D eigenvalue weighted by Gasteiger charge is 2.32. The first-order valence-corrected chi connectivity index (χ1v) is 9.90. The first kappa shape index (κ1) is 20.0. The molecule has 0 spiro atoms. The molecule has 0 aliphatic heterocycles. The molecule has 0 unspecified atom stereocenters. The van der Waals surface area contributed by atoms with Gasteiger partial charge in [-0.15, -0.1) is 0 Å². The highest BCUT2D eigenvalue weighted by molar-refractivity contribution is 6.35. The number of Topliss-reactive ketones (excluding diaryl/α,β-unsaturated/α-hetero) is 1. The van der Waals surface area contributed by atoms with Gasteiger partial charge in [-0.3, -0.25) is 4.79 Å². The molecule has 0 aromatic heterocycles. The fraction of sp³-hybridized carbons (Fsp3) is 0.200. The second-order valence-corrected chi connectivity index (χ2v) is 7.25. The number of carbonyl (C=O) groups excluding carboxylic acids is 2. The van der Waals surface area contributed by atoms with Gasteiger partial charge in [0.25, 0.3) is 5.78 Å². The van der Waals surface area contributed by atoms with Crippen molar-refractivity contribution in [3.05, 3.63) is 95.6 Å². The van der Waals surface area contributed by atoms with Crippen LogP contribution in [0.2, 0.25) is 0 Å². The number of fused-ring (bicyclic) bond motifs is 3. The third-order valence-corrected chi connectivity index (χ3v) is 5.40. The molecule has 3 aromatic rings. The van der Waals surface area contributed by atoms with Crippen LogP contribution in [0.25, 0.3) is 11.1 Å². The molecule has 1 atom stereocenters. The molecule has 5 heteroatoms. The van der Waals surface area contributed by atoms with Crippen LogP contribution in [0.3, 0.4) is 0 Å². The summed E-state index contributed by atoms with van der Waals surface area (Å²) in [5.74, 6) is -1.60. The van der Waals surface area contributed by atoms with E-state index in [1.807, 2.05) is 66.7 Å². The molecule has 5 nitrogen and oxygen atoms in total. The van der Waals surface area contributed by atoms with E-state index in [2.05, 4.69) is 17.6 Å². The van der Waals surface area contributed by atoms with Crippen molar-refractivity contribution in [2.45, 2.75) is 18.4 Å². The third-order valence-electron chi connectivity index (χ3n) is 5.40. The molecule has 0 saturated heterocycles. The molecule has 1 aliphatic rings. The summed E-state index contributed by atoms with van der Waals surface area (Å²) in [6.07, 6.45) is 0.331. The number of hydrogen-bond acceptors (Lipinski definition) is 5. The van der Waals surface area contributed by atoms with Crippen molar-refractivity contribution >= 4 is 11.8 Å². The number of nitrogens with one attached hydrogen (secondary N) is 1. The molecular formula is C25H23NO4. The number of carbonyl (C=O) groups is 2. The molecule has 0 fully saturated rings. The molecule has 0 amide bonds. The molecule has 152 valence electrons. The van der Waals surface area contributed by atoms with Gasteiger partial charge in [-0.25, -0.2) is 4.79 Å². The monoisotopic (exact) mass is 401 g/mol. The quantitative estimate of drug-likeness (QED) is 0.354. The van der Waals surface area contributed by atoms with E-state index in [1.165, 1.54) is 7.11 Å². The fourth-order valence-corrected chi connectivity index (χ4v) is 3.99. The zero-order chi connectivity index (χ0) is 20.9. The zero-order valence-corrected chi connectivity index (χ0v) is 16.7. The minimum Gasteiger partial charge on any atom is -0.459 e. The maximum atomic E-state index is 12.7. The second-order valence-electron chi connectivity index (χ2n) is 7.25. The van der Waals surface area contributed by atoms with Gasteiger partial charge in [-0.1, -0.05) is 78.9 Å². The number of rotatable bonds is 8. The lowest BCUT2D eigenvalue weighted by Gasteiger charge is -2.17. The van der Waals surface area contributed by atoms with E-state index in [4.69, 9.17) is 9.57 Å². The largest absolute Gasteiger partial charge is 0.459 e. The lowest BCUT2D eigenvalue weighted by atomic mass is 9.98.